The molecule has 0 radical (unpaired) electrons. The largest absolute Gasteiger partial charge is 0.352 e. The van der Waals surface area contributed by atoms with Gasteiger partial charge in [-0.25, -0.2) is 0 Å². The molecule has 0 aliphatic carbocycles. The lowest BCUT2D eigenvalue weighted by molar-refractivity contribution is 0.0953. The molecule has 0 fully saturated rings. The lowest BCUT2D eigenvalue weighted by atomic mass is 10.1. The second-order valence-electron chi connectivity index (χ2n) is 4.07. The Balaban J connectivity index is 1.85. The fourth-order valence-corrected chi connectivity index (χ4v) is 1.67. The van der Waals surface area contributed by atoms with Crippen LogP contribution < -0.4 is 5.32 Å². The van der Waals surface area contributed by atoms with Crippen molar-refractivity contribution in [1.82, 2.24) is 10.3 Å². The molecule has 1 aromatic heterocycles. The van der Waals surface area contributed by atoms with Crippen LogP contribution in [0, 0.1) is 0 Å². The first-order chi connectivity index (χ1) is 9.29. The minimum absolute atomic E-state index is 0.145. The average molecular weight is 254 g/mol. The molecule has 4 heteroatoms. The third kappa shape index (κ3) is 3.74. The highest BCUT2D eigenvalue weighted by molar-refractivity contribution is 5.94. The number of aldehydes is 1. The van der Waals surface area contributed by atoms with Crippen LogP contribution in [0.15, 0.2) is 48.7 Å². The summed E-state index contributed by atoms with van der Waals surface area (Å²) in [5.41, 5.74) is 2.05. The summed E-state index contributed by atoms with van der Waals surface area (Å²) in [7, 11) is 0. The molecule has 0 spiro atoms. The van der Waals surface area contributed by atoms with E-state index in [1.807, 2.05) is 18.2 Å². The third-order valence-corrected chi connectivity index (χ3v) is 2.70. The number of pyridine rings is 1. The van der Waals surface area contributed by atoms with Crippen LogP contribution in [-0.4, -0.2) is 23.7 Å². The van der Waals surface area contributed by atoms with Crippen LogP contribution in [0.4, 0.5) is 0 Å². The number of nitrogens with one attached hydrogen (secondary N) is 1. The van der Waals surface area contributed by atoms with E-state index in [0.29, 0.717) is 24.1 Å². The van der Waals surface area contributed by atoms with Gasteiger partial charge in [-0.3, -0.25) is 14.6 Å². The van der Waals surface area contributed by atoms with E-state index >= 15 is 0 Å². The molecule has 4 nitrogen and oxygen atoms in total. The second-order valence-corrected chi connectivity index (χ2v) is 4.07. The van der Waals surface area contributed by atoms with Gasteiger partial charge in [0.1, 0.15) is 6.29 Å². The molecule has 0 bridgehead atoms. The number of hydrogen-bond acceptors (Lipinski definition) is 3. The smallest absolute Gasteiger partial charge is 0.251 e. The minimum atomic E-state index is -0.145. The second kappa shape index (κ2) is 6.44. The van der Waals surface area contributed by atoms with Gasteiger partial charge < -0.3 is 5.32 Å². The number of carbonyl (C=O) groups excluding carboxylic acids is 2. The molecular weight excluding hydrogens is 240 g/mol. The van der Waals surface area contributed by atoms with Crippen molar-refractivity contribution in [2.24, 2.45) is 0 Å². The van der Waals surface area contributed by atoms with Gasteiger partial charge in [-0.05, 0) is 24.3 Å². The average Bonchev–Trinajstić information content (AvgIpc) is 2.48. The number of nitrogens with zero attached hydrogens (tertiary/aromatic N) is 1. The molecule has 0 unspecified atom stereocenters. The molecule has 0 atom stereocenters. The van der Waals surface area contributed by atoms with Gasteiger partial charge in [-0.1, -0.05) is 18.2 Å². The summed E-state index contributed by atoms with van der Waals surface area (Å²) in [6.45, 7) is 0.533. The van der Waals surface area contributed by atoms with Gasteiger partial charge in [-0.15, -0.1) is 0 Å². The predicted octanol–water partition coefficient (Wildman–Crippen LogP) is 1.87. The molecule has 2 rings (SSSR count). The molecule has 1 aromatic carbocycles. The summed E-state index contributed by atoms with van der Waals surface area (Å²) >= 11 is 0. The number of aromatic nitrogens is 1. The van der Waals surface area contributed by atoms with Crippen molar-refractivity contribution in [2.75, 3.05) is 6.54 Å². The van der Waals surface area contributed by atoms with Crippen molar-refractivity contribution in [3.8, 4) is 0 Å². The lowest BCUT2D eigenvalue weighted by Crippen LogP contribution is -2.25. The SMILES string of the molecule is O=Cc1ccc(C(=O)NCCc2ccccn2)cc1. The molecule has 0 aliphatic rings. The van der Waals surface area contributed by atoms with Gasteiger partial charge in [-0.2, -0.15) is 0 Å². The van der Waals surface area contributed by atoms with Crippen molar-refractivity contribution in [3.63, 3.8) is 0 Å². The number of carbonyl (C=O) groups is 2. The summed E-state index contributed by atoms with van der Waals surface area (Å²) in [6, 6.07) is 12.2. The summed E-state index contributed by atoms with van der Waals surface area (Å²) in [4.78, 5) is 26.5. The Bertz CT molecular complexity index is 550. The molecule has 1 heterocycles. The zero-order valence-corrected chi connectivity index (χ0v) is 10.4. The van der Waals surface area contributed by atoms with Gasteiger partial charge >= 0.3 is 0 Å². The van der Waals surface area contributed by atoms with E-state index in [-0.39, 0.29) is 5.91 Å². The van der Waals surface area contributed by atoms with E-state index in [0.717, 1.165) is 12.0 Å². The Hall–Kier alpha value is -2.49. The normalized spacial score (nSPS) is 9.89. The molecule has 19 heavy (non-hydrogen) atoms. The van der Waals surface area contributed by atoms with Crippen LogP contribution in [0.2, 0.25) is 0 Å². The molecule has 0 aliphatic heterocycles. The van der Waals surface area contributed by atoms with Crippen molar-refractivity contribution in [1.29, 1.82) is 0 Å². The van der Waals surface area contributed by atoms with Gasteiger partial charge in [0.2, 0.25) is 0 Å². The molecular formula is C15H14N2O2. The Kier molecular flexibility index (Phi) is 4.39. The Morgan fingerprint density at radius 1 is 1.16 bits per heavy atom. The maximum Gasteiger partial charge on any atom is 0.251 e. The number of benzene rings is 1. The van der Waals surface area contributed by atoms with Gasteiger partial charge in [0, 0.05) is 36.0 Å². The van der Waals surface area contributed by atoms with Crippen molar-refractivity contribution < 1.29 is 9.59 Å². The van der Waals surface area contributed by atoms with Crippen molar-refractivity contribution in [2.45, 2.75) is 6.42 Å². The molecule has 0 saturated heterocycles. The Morgan fingerprint density at radius 3 is 2.58 bits per heavy atom. The van der Waals surface area contributed by atoms with E-state index in [4.69, 9.17) is 0 Å². The topological polar surface area (TPSA) is 59.1 Å². The van der Waals surface area contributed by atoms with E-state index in [1.165, 1.54) is 0 Å². The molecule has 0 saturated carbocycles. The van der Waals surface area contributed by atoms with E-state index in [9.17, 15) is 9.59 Å². The predicted molar refractivity (Wildman–Crippen MR) is 72.1 cm³/mol. The highest BCUT2D eigenvalue weighted by Gasteiger charge is 2.04. The highest BCUT2D eigenvalue weighted by Crippen LogP contribution is 2.02. The fourth-order valence-electron chi connectivity index (χ4n) is 1.67. The van der Waals surface area contributed by atoms with Crippen LogP contribution in [0.5, 0.6) is 0 Å². The first kappa shape index (κ1) is 13.0. The van der Waals surface area contributed by atoms with Crippen molar-refractivity contribution >= 4 is 12.2 Å². The van der Waals surface area contributed by atoms with Gasteiger partial charge in [0.05, 0.1) is 0 Å². The van der Waals surface area contributed by atoms with Crippen LogP contribution in [0.3, 0.4) is 0 Å². The molecule has 1 N–H and O–H groups in total. The summed E-state index contributed by atoms with van der Waals surface area (Å²) in [6.07, 6.45) is 3.18. The number of rotatable bonds is 5. The van der Waals surface area contributed by atoms with E-state index in [2.05, 4.69) is 10.3 Å². The quantitative estimate of drug-likeness (QED) is 0.829. The van der Waals surface area contributed by atoms with Gasteiger partial charge in [0.15, 0.2) is 0 Å². The fraction of sp³-hybridized carbons (Fsp3) is 0.133. The molecule has 1 amide bonds. The third-order valence-electron chi connectivity index (χ3n) is 2.70. The maximum atomic E-state index is 11.8. The number of hydrogen-bond donors (Lipinski definition) is 1. The monoisotopic (exact) mass is 254 g/mol. The first-order valence-corrected chi connectivity index (χ1v) is 6.03. The first-order valence-electron chi connectivity index (χ1n) is 6.03. The number of amides is 1. The zero-order chi connectivity index (χ0) is 13.5. The van der Waals surface area contributed by atoms with E-state index in [1.54, 1.807) is 30.5 Å². The highest BCUT2D eigenvalue weighted by atomic mass is 16.1. The van der Waals surface area contributed by atoms with Crippen LogP contribution in [0.1, 0.15) is 26.4 Å². The summed E-state index contributed by atoms with van der Waals surface area (Å²) < 4.78 is 0. The molecule has 2 aromatic rings. The summed E-state index contributed by atoms with van der Waals surface area (Å²) in [5, 5.41) is 2.82. The standard InChI is InChI=1S/C15H14N2O2/c18-11-12-4-6-13(7-5-12)15(19)17-10-8-14-3-1-2-9-16-14/h1-7,9,11H,8,10H2,(H,17,19). The van der Waals surface area contributed by atoms with Crippen LogP contribution in [-0.2, 0) is 6.42 Å². The van der Waals surface area contributed by atoms with Crippen molar-refractivity contribution in [3.05, 3.63) is 65.5 Å². The van der Waals surface area contributed by atoms with Crippen LogP contribution in [0.25, 0.3) is 0 Å². The Morgan fingerprint density at radius 2 is 1.95 bits per heavy atom. The Labute approximate surface area is 111 Å². The van der Waals surface area contributed by atoms with E-state index < -0.39 is 0 Å². The minimum Gasteiger partial charge on any atom is -0.352 e. The zero-order valence-electron chi connectivity index (χ0n) is 10.4. The van der Waals surface area contributed by atoms with Crippen LogP contribution >= 0.6 is 0 Å². The molecule has 96 valence electrons. The van der Waals surface area contributed by atoms with Gasteiger partial charge in [0.25, 0.3) is 5.91 Å². The summed E-state index contributed by atoms with van der Waals surface area (Å²) in [5.74, 6) is -0.145. The lowest BCUT2D eigenvalue weighted by Gasteiger charge is -2.05. The maximum absolute atomic E-state index is 11.8.